The third kappa shape index (κ3) is 2.81. The molecule has 0 bridgehead atoms. The Morgan fingerprint density at radius 1 is 0.870 bits per heavy atom. The van der Waals surface area contributed by atoms with Gasteiger partial charge in [0.2, 0.25) is 0 Å². The fourth-order valence-corrected chi connectivity index (χ4v) is 6.64. The van der Waals surface area contributed by atoms with Crippen molar-refractivity contribution in [1.82, 2.24) is 0 Å². The molecule has 0 radical (unpaired) electrons. The molecule has 0 N–H and O–H groups in total. The van der Waals surface area contributed by atoms with Crippen LogP contribution in [0.3, 0.4) is 0 Å². The molecule has 0 atom stereocenters. The van der Waals surface area contributed by atoms with Gasteiger partial charge in [-0.2, -0.15) is 0 Å². The van der Waals surface area contributed by atoms with E-state index in [1.54, 1.807) is 0 Å². The van der Waals surface area contributed by atoms with Crippen molar-refractivity contribution in [2.45, 2.75) is 5.09 Å². The Morgan fingerprint density at radius 2 is 1.57 bits per heavy atom. The summed E-state index contributed by atoms with van der Waals surface area (Å²) in [5.74, 6) is 0. The number of rotatable bonds is 3. The Balaban J connectivity index is 1.94. The van der Waals surface area contributed by atoms with Gasteiger partial charge in [-0.05, 0) is 0 Å². The van der Waals surface area contributed by atoms with Crippen LogP contribution in [-0.2, 0) is 0 Å². The Morgan fingerprint density at radius 3 is 2.35 bits per heavy atom. The summed E-state index contributed by atoms with van der Waals surface area (Å²) in [7, 11) is -0.659. The number of hydrogen-bond donors (Lipinski definition) is 1. The molecule has 114 valence electrons. The van der Waals surface area contributed by atoms with Gasteiger partial charge in [-0.1, -0.05) is 0 Å². The molecule has 0 unspecified atom stereocenters. The van der Waals surface area contributed by atoms with Crippen molar-refractivity contribution in [1.29, 1.82) is 0 Å². The van der Waals surface area contributed by atoms with Crippen molar-refractivity contribution in [3.05, 3.63) is 87.8 Å². The van der Waals surface area contributed by atoms with Crippen LogP contribution < -0.4 is 14.4 Å². The summed E-state index contributed by atoms with van der Waals surface area (Å²) in [6.45, 7) is 0. The van der Waals surface area contributed by atoms with Crippen LogP contribution in [0.2, 0.25) is 0 Å². The van der Waals surface area contributed by atoms with Gasteiger partial charge < -0.3 is 0 Å². The zero-order valence-electron chi connectivity index (χ0n) is 12.2. The van der Waals surface area contributed by atoms with Crippen molar-refractivity contribution in [2.24, 2.45) is 0 Å². The van der Waals surface area contributed by atoms with Gasteiger partial charge in [0.25, 0.3) is 0 Å². The summed E-state index contributed by atoms with van der Waals surface area (Å²) in [5.41, 5.74) is 0.790. The van der Waals surface area contributed by atoms with Crippen LogP contribution in [0.15, 0.2) is 91.9 Å². The Kier molecular flexibility index (Phi) is 3.96. The number of fused-ring (bicyclic) bond motifs is 1. The predicted molar refractivity (Wildman–Crippen MR) is 99.5 cm³/mol. The second kappa shape index (κ2) is 6.25. The molecule has 23 heavy (non-hydrogen) atoms. The third-order valence-electron chi connectivity index (χ3n) is 3.54. The summed E-state index contributed by atoms with van der Waals surface area (Å²) < 4.78 is 8.20. The number of thiol groups is 1. The predicted octanol–water partition coefficient (Wildman–Crippen LogP) is 2.85. The van der Waals surface area contributed by atoms with Crippen molar-refractivity contribution in [2.75, 3.05) is 0 Å². The molecule has 1 aliphatic heterocycles. The van der Waals surface area contributed by atoms with Crippen LogP contribution in [0.4, 0.5) is 0 Å². The van der Waals surface area contributed by atoms with E-state index in [-0.39, 0.29) is 20.4 Å². The quantitative estimate of drug-likeness (QED) is 0.555. The maximum atomic E-state index is 13.0. The Bertz CT molecular complexity index is 962. The number of benzene rings is 2. The maximum absolute atomic E-state index is 13.0. The zero-order chi connectivity index (χ0) is 15.6. The molecule has 0 aliphatic carbocycles. The van der Waals surface area contributed by atoms with Crippen LogP contribution in [0, 0.1) is 0 Å². The van der Waals surface area contributed by atoms with E-state index in [1.807, 2.05) is 54.6 Å². The molecule has 4 rings (SSSR count). The standard InChI is InChI=1S/C19H14O2SSe/c20-17-15-10-4-5-11-16(15)21-19(22-12-6-7-13-22)18(17)23-14-8-2-1-3-9-14/h1-13,22H. The van der Waals surface area contributed by atoms with Crippen LogP contribution >= 0.6 is 10.9 Å². The molecule has 0 fully saturated rings. The van der Waals surface area contributed by atoms with E-state index in [0.717, 1.165) is 9.55 Å². The fourth-order valence-electron chi connectivity index (χ4n) is 2.45. The first kappa shape index (κ1) is 14.6. The minimum absolute atomic E-state index is 0.0617. The van der Waals surface area contributed by atoms with Crippen molar-refractivity contribution < 1.29 is 4.42 Å². The van der Waals surface area contributed by atoms with Gasteiger partial charge >= 0.3 is 143 Å². The van der Waals surface area contributed by atoms with Gasteiger partial charge in [0, 0.05) is 0 Å². The Hall–Kier alpha value is -2.00. The molecule has 2 heterocycles. The van der Waals surface area contributed by atoms with E-state index in [9.17, 15) is 4.79 Å². The van der Waals surface area contributed by atoms with Gasteiger partial charge in [-0.3, -0.25) is 0 Å². The van der Waals surface area contributed by atoms with Crippen molar-refractivity contribution in [3.8, 4) is 0 Å². The molecule has 1 aliphatic rings. The van der Waals surface area contributed by atoms with E-state index in [2.05, 4.69) is 22.9 Å². The zero-order valence-corrected chi connectivity index (χ0v) is 14.8. The molecule has 3 aromatic rings. The normalized spacial score (nSPS) is 14.7. The molecule has 0 spiro atoms. The first-order valence-electron chi connectivity index (χ1n) is 7.25. The average molecular weight is 385 g/mol. The average Bonchev–Trinajstić information content (AvgIpc) is 3.13. The molecule has 1 aromatic heterocycles. The summed E-state index contributed by atoms with van der Waals surface area (Å²) in [5, 5.41) is 5.78. The molecule has 0 amide bonds. The van der Waals surface area contributed by atoms with Gasteiger partial charge in [0.1, 0.15) is 0 Å². The van der Waals surface area contributed by atoms with Gasteiger partial charge in [0.05, 0.1) is 0 Å². The van der Waals surface area contributed by atoms with E-state index in [4.69, 9.17) is 4.42 Å². The first-order chi connectivity index (χ1) is 11.3. The molecular formula is C19H14O2SSe. The van der Waals surface area contributed by atoms with Gasteiger partial charge in [-0.15, -0.1) is 0 Å². The van der Waals surface area contributed by atoms with Crippen LogP contribution in [-0.4, -0.2) is 15.0 Å². The first-order valence-corrected chi connectivity index (χ1v) is 10.4. The van der Waals surface area contributed by atoms with Gasteiger partial charge in [0.15, 0.2) is 0 Å². The molecule has 0 saturated carbocycles. The SMILES string of the molecule is O=c1c([Se]c2ccccc2)c([SH]2C=CC=C2)oc2ccccc12. The van der Waals surface area contributed by atoms with E-state index < -0.39 is 10.9 Å². The van der Waals surface area contributed by atoms with E-state index in [0.29, 0.717) is 11.0 Å². The van der Waals surface area contributed by atoms with E-state index >= 15 is 0 Å². The van der Waals surface area contributed by atoms with Crippen molar-refractivity contribution >= 4 is 45.7 Å². The summed E-state index contributed by atoms with van der Waals surface area (Å²) in [6.07, 6.45) is 4.06. The number of hydrogen-bond acceptors (Lipinski definition) is 2. The molecular weight excluding hydrogens is 371 g/mol. The molecule has 2 nitrogen and oxygen atoms in total. The second-order valence-electron chi connectivity index (χ2n) is 5.07. The van der Waals surface area contributed by atoms with Crippen molar-refractivity contribution in [3.63, 3.8) is 0 Å². The van der Waals surface area contributed by atoms with Crippen LogP contribution in [0.1, 0.15) is 0 Å². The number of para-hydroxylation sites is 1. The van der Waals surface area contributed by atoms with Crippen LogP contribution in [0.25, 0.3) is 11.0 Å². The monoisotopic (exact) mass is 386 g/mol. The van der Waals surface area contributed by atoms with Gasteiger partial charge in [-0.25, -0.2) is 0 Å². The van der Waals surface area contributed by atoms with Crippen LogP contribution in [0.5, 0.6) is 0 Å². The topological polar surface area (TPSA) is 30.2 Å². The Labute approximate surface area is 143 Å². The summed E-state index contributed by atoms with van der Waals surface area (Å²) >= 11 is -0.0617. The second-order valence-corrected chi connectivity index (χ2v) is 9.16. The fraction of sp³-hybridized carbons (Fsp3) is 0. The summed E-state index contributed by atoms with van der Waals surface area (Å²) in [6, 6.07) is 17.7. The number of allylic oxidation sites excluding steroid dienone is 2. The summed E-state index contributed by atoms with van der Waals surface area (Å²) in [4.78, 5) is 13.0. The molecule has 0 saturated heterocycles. The molecule has 2 aromatic carbocycles. The minimum atomic E-state index is -0.659. The molecule has 4 heteroatoms. The third-order valence-corrected chi connectivity index (χ3v) is 7.92. The van der Waals surface area contributed by atoms with E-state index in [1.165, 1.54) is 4.46 Å².